The number of nitrogens with zero attached hydrogens (tertiary/aromatic N) is 1. The molecule has 1 saturated heterocycles. The van der Waals surface area contributed by atoms with E-state index in [2.05, 4.69) is 5.32 Å². The lowest BCUT2D eigenvalue weighted by atomic mass is 10.0. The summed E-state index contributed by atoms with van der Waals surface area (Å²) in [5.41, 5.74) is 0.155. The smallest absolute Gasteiger partial charge is 0.318 e. The molecule has 1 aromatic rings. The third kappa shape index (κ3) is 4.62. The normalized spacial score (nSPS) is 19.5. The number of nitrogens with one attached hydrogen (secondary N) is 1. The van der Waals surface area contributed by atoms with Crippen molar-refractivity contribution in [1.29, 1.82) is 0 Å². The minimum atomic E-state index is -0.582. The van der Waals surface area contributed by atoms with E-state index in [0.717, 1.165) is 18.2 Å². The molecule has 1 heterocycles. The number of amides is 2. The first kappa shape index (κ1) is 17.6. The number of halogens is 2. The van der Waals surface area contributed by atoms with Gasteiger partial charge in [-0.15, -0.1) is 0 Å². The lowest BCUT2D eigenvalue weighted by molar-refractivity contribution is -0.0496. The van der Waals surface area contributed by atoms with Crippen LogP contribution in [0.3, 0.4) is 0 Å². The molecule has 1 N–H and O–H groups in total. The summed E-state index contributed by atoms with van der Waals surface area (Å²) in [5.74, 6) is -1.06. The number of hydrogen-bond donors (Lipinski definition) is 1. The Morgan fingerprint density at radius 2 is 2.30 bits per heavy atom. The van der Waals surface area contributed by atoms with Gasteiger partial charge in [0.15, 0.2) is 0 Å². The van der Waals surface area contributed by atoms with Crippen molar-refractivity contribution < 1.29 is 23.0 Å². The molecule has 0 saturated carbocycles. The van der Waals surface area contributed by atoms with Crippen LogP contribution in [0.15, 0.2) is 18.2 Å². The van der Waals surface area contributed by atoms with Crippen molar-refractivity contribution in [2.24, 2.45) is 0 Å². The number of carbonyl (C=O) groups excluding carboxylic acids is 1. The molecular formula is C16H22F2N2O3. The lowest BCUT2D eigenvalue weighted by Crippen LogP contribution is -2.51. The summed E-state index contributed by atoms with van der Waals surface area (Å²) in [6.45, 7) is 3.49. The molecule has 2 rings (SSSR count). The average molecular weight is 328 g/mol. The van der Waals surface area contributed by atoms with E-state index < -0.39 is 17.7 Å². The second-order valence-corrected chi connectivity index (χ2v) is 5.47. The zero-order valence-electron chi connectivity index (χ0n) is 13.4. The molecule has 0 unspecified atom stereocenters. The molecule has 1 aliphatic heterocycles. The maximum atomic E-state index is 13.9. The van der Waals surface area contributed by atoms with Gasteiger partial charge in [-0.25, -0.2) is 13.6 Å². The van der Waals surface area contributed by atoms with Gasteiger partial charge in [-0.1, -0.05) is 6.92 Å². The summed E-state index contributed by atoms with van der Waals surface area (Å²) in [5, 5.41) is 2.77. The number of urea groups is 1. The van der Waals surface area contributed by atoms with Gasteiger partial charge < -0.3 is 19.7 Å². The molecule has 0 aliphatic carbocycles. The monoisotopic (exact) mass is 328 g/mol. The predicted molar refractivity (Wildman–Crippen MR) is 81.1 cm³/mol. The number of methoxy groups -OCH3 is 1. The Balaban J connectivity index is 2.03. The molecule has 0 radical (unpaired) electrons. The first-order valence-corrected chi connectivity index (χ1v) is 7.66. The number of morpholine rings is 1. The maximum Gasteiger partial charge on any atom is 0.318 e. The van der Waals surface area contributed by atoms with Crippen LogP contribution < -0.4 is 5.32 Å². The van der Waals surface area contributed by atoms with Crippen LogP contribution >= 0.6 is 0 Å². The molecule has 1 aliphatic rings. The highest BCUT2D eigenvalue weighted by Crippen LogP contribution is 2.21. The van der Waals surface area contributed by atoms with E-state index in [0.29, 0.717) is 32.7 Å². The van der Waals surface area contributed by atoms with Crippen LogP contribution in [0.2, 0.25) is 0 Å². The molecule has 0 spiro atoms. The molecule has 128 valence electrons. The molecule has 1 fully saturated rings. The first-order valence-electron chi connectivity index (χ1n) is 7.66. The second kappa shape index (κ2) is 8.21. The van der Waals surface area contributed by atoms with E-state index in [1.54, 1.807) is 12.0 Å². The van der Waals surface area contributed by atoms with Crippen molar-refractivity contribution in [3.05, 3.63) is 35.4 Å². The fourth-order valence-corrected chi connectivity index (χ4v) is 2.61. The van der Waals surface area contributed by atoms with Crippen LogP contribution in [0, 0.1) is 11.6 Å². The zero-order chi connectivity index (χ0) is 16.8. The Kier molecular flexibility index (Phi) is 6.29. The SMILES string of the molecule is CC[C@H](NC(=O)N1CCO[C@@H](COC)C1)c1cc(F)ccc1F. The highest BCUT2D eigenvalue weighted by Gasteiger charge is 2.26. The molecular weight excluding hydrogens is 306 g/mol. The summed E-state index contributed by atoms with van der Waals surface area (Å²) >= 11 is 0. The van der Waals surface area contributed by atoms with E-state index in [9.17, 15) is 13.6 Å². The fraction of sp³-hybridized carbons (Fsp3) is 0.562. The molecule has 1 aromatic carbocycles. The largest absolute Gasteiger partial charge is 0.382 e. The van der Waals surface area contributed by atoms with E-state index >= 15 is 0 Å². The Labute approximate surface area is 134 Å². The van der Waals surface area contributed by atoms with Crippen LogP contribution in [0.4, 0.5) is 13.6 Å². The number of rotatable bonds is 5. The summed E-state index contributed by atoms with van der Waals surface area (Å²) in [7, 11) is 1.57. The van der Waals surface area contributed by atoms with Crippen LogP contribution in [-0.2, 0) is 9.47 Å². The third-order valence-corrected chi connectivity index (χ3v) is 3.82. The topological polar surface area (TPSA) is 50.8 Å². The summed E-state index contributed by atoms with van der Waals surface area (Å²) in [6, 6.07) is 2.36. The molecule has 2 amide bonds. The first-order chi connectivity index (χ1) is 11.0. The second-order valence-electron chi connectivity index (χ2n) is 5.47. The molecule has 5 nitrogen and oxygen atoms in total. The maximum absolute atomic E-state index is 13.9. The van der Waals surface area contributed by atoms with Gasteiger partial charge in [-0.3, -0.25) is 0 Å². The minimum Gasteiger partial charge on any atom is -0.382 e. The molecule has 7 heteroatoms. The van der Waals surface area contributed by atoms with Crippen LogP contribution in [0.25, 0.3) is 0 Å². The quantitative estimate of drug-likeness (QED) is 0.903. The number of ether oxygens (including phenoxy) is 2. The Bertz CT molecular complexity index is 540. The summed E-state index contributed by atoms with van der Waals surface area (Å²) in [6.07, 6.45) is 0.281. The minimum absolute atomic E-state index is 0.155. The van der Waals surface area contributed by atoms with Crippen molar-refractivity contribution in [3.63, 3.8) is 0 Å². The van der Waals surface area contributed by atoms with Crippen molar-refractivity contribution >= 4 is 6.03 Å². The van der Waals surface area contributed by atoms with Gasteiger partial charge >= 0.3 is 6.03 Å². The van der Waals surface area contributed by atoms with Crippen molar-refractivity contribution in [1.82, 2.24) is 10.2 Å². The Morgan fingerprint density at radius 3 is 3.00 bits per heavy atom. The number of hydrogen-bond acceptors (Lipinski definition) is 3. The molecule has 0 bridgehead atoms. The Hall–Kier alpha value is -1.73. The van der Waals surface area contributed by atoms with E-state index in [4.69, 9.17) is 9.47 Å². The van der Waals surface area contributed by atoms with Gasteiger partial charge in [-0.05, 0) is 24.6 Å². The van der Waals surface area contributed by atoms with Crippen LogP contribution in [0.1, 0.15) is 24.9 Å². The highest BCUT2D eigenvalue weighted by atomic mass is 19.1. The standard InChI is InChI=1S/C16H22F2N2O3/c1-3-15(13-8-11(17)4-5-14(13)18)19-16(21)20-6-7-23-12(9-20)10-22-2/h4-5,8,12,15H,3,6-7,9-10H2,1-2H3,(H,19,21)/t12-,15+/m1/s1. The molecule has 0 aromatic heterocycles. The van der Waals surface area contributed by atoms with Gasteiger partial charge in [0.1, 0.15) is 11.6 Å². The lowest BCUT2D eigenvalue weighted by Gasteiger charge is -2.33. The van der Waals surface area contributed by atoms with Crippen molar-refractivity contribution in [3.8, 4) is 0 Å². The van der Waals surface area contributed by atoms with Crippen LogP contribution in [0.5, 0.6) is 0 Å². The van der Waals surface area contributed by atoms with Gasteiger partial charge in [0, 0.05) is 19.2 Å². The Morgan fingerprint density at radius 1 is 1.52 bits per heavy atom. The average Bonchev–Trinajstić information content (AvgIpc) is 2.55. The van der Waals surface area contributed by atoms with Crippen molar-refractivity contribution in [2.75, 3.05) is 33.4 Å². The number of carbonyl (C=O) groups is 1. The third-order valence-electron chi connectivity index (χ3n) is 3.82. The van der Waals surface area contributed by atoms with Gasteiger partial charge in [0.05, 0.1) is 31.9 Å². The van der Waals surface area contributed by atoms with E-state index in [1.807, 2.05) is 6.92 Å². The molecule has 2 atom stereocenters. The summed E-state index contributed by atoms with van der Waals surface area (Å²) < 4.78 is 37.8. The van der Waals surface area contributed by atoms with E-state index in [1.165, 1.54) is 0 Å². The van der Waals surface area contributed by atoms with Gasteiger partial charge in [0.2, 0.25) is 0 Å². The summed E-state index contributed by atoms with van der Waals surface area (Å²) in [4.78, 5) is 14.0. The van der Waals surface area contributed by atoms with Gasteiger partial charge in [0.25, 0.3) is 0 Å². The van der Waals surface area contributed by atoms with E-state index in [-0.39, 0.29) is 17.7 Å². The van der Waals surface area contributed by atoms with Crippen molar-refractivity contribution in [2.45, 2.75) is 25.5 Å². The van der Waals surface area contributed by atoms with Gasteiger partial charge in [-0.2, -0.15) is 0 Å². The fourth-order valence-electron chi connectivity index (χ4n) is 2.61. The number of benzene rings is 1. The predicted octanol–water partition coefficient (Wildman–Crippen LogP) is 2.47. The van der Waals surface area contributed by atoms with Crippen LogP contribution in [-0.4, -0.2) is 50.4 Å². The molecule has 23 heavy (non-hydrogen) atoms. The highest BCUT2D eigenvalue weighted by molar-refractivity contribution is 5.75. The zero-order valence-corrected chi connectivity index (χ0v) is 13.4.